The summed E-state index contributed by atoms with van der Waals surface area (Å²) in [6, 6.07) is 22.9. The Morgan fingerprint density at radius 1 is 1.03 bits per heavy atom. The van der Waals surface area contributed by atoms with Gasteiger partial charge >= 0.3 is 0 Å². The molecular formula is C25H24BrN3O3. The molecule has 32 heavy (non-hydrogen) atoms. The van der Waals surface area contributed by atoms with Gasteiger partial charge in [-0.15, -0.1) is 0 Å². The first-order valence-corrected chi connectivity index (χ1v) is 11.2. The van der Waals surface area contributed by atoms with Crippen molar-refractivity contribution < 1.29 is 14.3 Å². The predicted molar refractivity (Wildman–Crippen MR) is 128 cm³/mol. The smallest absolute Gasteiger partial charge is 0.251 e. The Morgan fingerprint density at radius 3 is 2.62 bits per heavy atom. The fourth-order valence-corrected chi connectivity index (χ4v) is 3.77. The molecule has 0 unspecified atom stereocenters. The molecule has 0 fully saturated rings. The average Bonchev–Trinajstić information content (AvgIpc) is 3.17. The normalized spacial score (nSPS) is 10.8. The molecule has 1 N–H and O–H groups in total. The Kier molecular flexibility index (Phi) is 7.07. The van der Waals surface area contributed by atoms with Gasteiger partial charge in [-0.3, -0.25) is 4.79 Å². The van der Waals surface area contributed by atoms with E-state index in [1.165, 1.54) is 0 Å². The second kappa shape index (κ2) is 10.3. The number of imidazole rings is 1. The molecule has 7 heteroatoms. The van der Waals surface area contributed by atoms with Crippen LogP contribution in [0.3, 0.4) is 0 Å². The van der Waals surface area contributed by atoms with Crippen LogP contribution >= 0.6 is 15.9 Å². The molecule has 0 aliphatic heterocycles. The zero-order valence-electron chi connectivity index (χ0n) is 17.8. The Labute approximate surface area is 195 Å². The van der Waals surface area contributed by atoms with Crippen LogP contribution in [0.15, 0.2) is 77.3 Å². The van der Waals surface area contributed by atoms with Crippen LogP contribution in [0, 0.1) is 0 Å². The number of amides is 1. The van der Waals surface area contributed by atoms with Gasteiger partial charge in [0, 0.05) is 29.1 Å². The van der Waals surface area contributed by atoms with Crippen LogP contribution in [0.2, 0.25) is 0 Å². The van der Waals surface area contributed by atoms with Crippen molar-refractivity contribution in [3.8, 4) is 11.5 Å². The first-order chi connectivity index (χ1) is 15.6. The number of aromatic nitrogens is 2. The second-order valence-electron chi connectivity index (χ2n) is 7.21. The molecule has 1 heterocycles. The fourth-order valence-electron chi connectivity index (χ4n) is 3.50. The number of fused-ring (bicyclic) bond motifs is 1. The van der Waals surface area contributed by atoms with E-state index in [0.717, 1.165) is 32.8 Å². The van der Waals surface area contributed by atoms with E-state index in [0.29, 0.717) is 31.7 Å². The van der Waals surface area contributed by atoms with Crippen molar-refractivity contribution in [2.24, 2.45) is 0 Å². The van der Waals surface area contributed by atoms with E-state index in [1.807, 2.05) is 54.6 Å². The molecule has 0 spiro atoms. The van der Waals surface area contributed by atoms with Crippen LogP contribution in [-0.4, -0.2) is 35.7 Å². The molecule has 0 saturated heterocycles. The number of hydrogen-bond donors (Lipinski definition) is 1. The topological polar surface area (TPSA) is 65.4 Å². The lowest BCUT2D eigenvalue weighted by Gasteiger charge is -2.12. The molecule has 0 aliphatic rings. The number of ether oxygens (including phenoxy) is 2. The Hall–Kier alpha value is -3.32. The molecule has 6 nitrogen and oxygen atoms in total. The molecule has 164 valence electrons. The summed E-state index contributed by atoms with van der Waals surface area (Å²) in [4.78, 5) is 17.2. The molecule has 4 rings (SSSR count). The van der Waals surface area contributed by atoms with Crippen molar-refractivity contribution in [1.29, 1.82) is 0 Å². The van der Waals surface area contributed by atoms with Crippen molar-refractivity contribution in [3.63, 3.8) is 0 Å². The zero-order valence-corrected chi connectivity index (χ0v) is 19.3. The van der Waals surface area contributed by atoms with E-state index in [4.69, 9.17) is 14.5 Å². The first-order valence-electron chi connectivity index (χ1n) is 10.4. The number of carbonyl (C=O) groups is 1. The molecule has 1 aromatic heterocycles. The van der Waals surface area contributed by atoms with Gasteiger partial charge in [-0.25, -0.2) is 4.98 Å². The highest BCUT2D eigenvalue weighted by Crippen LogP contribution is 2.20. The van der Waals surface area contributed by atoms with Crippen molar-refractivity contribution in [3.05, 3.63) is 88.7 Å². The van der Waals surface area contributed by atoms with E-state index in [9.17, 15) is 4.79 Å². The van der Waals surface area contributed by atoms with Crippen molar-refractivity contribution in [1.82, 2.24) is 14.9 Å². The molecular weight excluding hydrogens is 470 g/mol. The second-order valence-corrected chi connectivity index (χ2v) is 8.12. The van der Waals surface area contributed by atoms with Gasteiger partial charge in [0.15, 0.2) is 0 Å². The largest absolute Gasteiger partial charge is 0.497 e. The Balaban J connectivity index is 1.41. The van der Waals surface area contributed by atoms with Crippen LogP contribution in [0.4, 0.5) is 0 Å². The van der Waals surface area contributed by atoms with Crippen molar-refractivity contribution >= 4 is 32.9 Å². The number of nitrogens with one attached hydrogen (secondary N) is 1. The monoisotopic (exact) mass is 493 g/mol. The van der Waals surface area contributed by atoms with Crippen LogP contribution in [-0.2, 0) is 13.0 Å². The molecule has 4 aromatic rings. The summed E-state index contributed by atoms with van der Waals surface area (Å²) in [5.74, 6) is 2.34. The minimum atomic E-state index is -0.0958. The zero-order chi connectivity index (χ0) is 22.3. The van der Waals surface area contributed by atoms with Gasteiger partial charge in [0.05, 0.1) is 24.7 Å². The molecule has 3 aromatic carbocycles. The summed E-state index contributed by atoms with van der Waals surface area (Å²) in [7, 11) is 1.64. The third-order valence-electron chi connectivity index (χ3n) is 5.10. The summed E-state index contributed by atoms with van der Waals surface area (Å²) < 4.78 is 14.3. The quantitative estimate of drug-likeness (QED) is 0.361. The predicted octanol–water partition coefficient (Wildman–Crippen LogP) is 4.86. The number of hydrogen-bond acceptors (Lipinski definition) is 4. The van der Waals surface area contributed by atoms with E-state index in [1.54, 1.807) is 19.2 Å². The lowest BCUT2D eigenvalue weighted by Crippen LogP contribution is -2.26. The number of methoxy groups -OCH3 is 1. The summed E-state index contributed by atoms with van der Waals surface area (Å²) in [5.41, 5.74) is 2.62. The number of nitrogens with zero attached hydrogens (tertiary/aromatic N) is 2. The molecule has 1 amide bonds. The molecule has 0 atom stereocenters. The SMILES string of the molecule is COc1cccc(OCCn2c(CCNC(=O)c3ccc(Br)cc3)nc3ccccc32)c1. The van der Waals surface area contributed by atoms with Crippen LogP contribution < -0.4 is 14.8 Å². The molecule has 0 bridgehead atoms. The van der Waals surface area contributed by atoms with E-state index in [2.05, 4.69) is 31.9 Å². The minimum Gasteiger partial charge on any atom is -0.497 e. The Morgan fingerprint density at radius 2 is 1.81 bits per heavy atom. The minimum absolute atomic E-state index is 0.0958. The highest BCUT2D eigenvalue weighted by atomic mass is 79.9. The summed E-state index contributed by atoms with van der Waals surface area (Å²) >= 11 is 3.39. The Bertz CT molecular complexity index is 1200. The number of para-hydroxylation sites is 2. The maximum Gasteiger partial charge on any atom is 0.251 e. The maximum atomic E-state index is 12.4. The summed E-state index contributed by atoms with van der Waals surface area (Å²) in [6.07, 6.45) is 0.621. The van der Waals surface area contributed by atoms with Gasteiger partial charge < -0.3 is 19.4 Å². The number of benzene rings is 3. The van der Waals surface area contributed by atoms with E-state index in [-0.39, 0.29) is 5.91 Å². The highest BCUT2D eigenvalue weighted by Gasteiger charge is 2.12. The number of rotatable bonds is 9. The van der Waals surface area contributed by atoms with Gasteiger partial charge in [0.1, 0.15) is 23.9 Å². The van der Waals surface area contributed by atoms with Crippen LogP contribution in [0.1, 0.15) is 16.2 Å². The first kappa shape index (κ1) is 21.9. The van der Waals surface area contributed by atoms with Crippen LogP contribution in [0.5, 0.6) is 11.5 Å². The fraction of sp³-hybridized carbons (Fsp3) is 0.200. The summed E-state index contributed by atoms with van der Waals surface area (Å²) in [5, 5.41) is 2.98. The van der Waals surface area contributed by atoms with E-state index >= 15 is 0 Å². The highest BCUT2D eigenvalue weighted by molar-refractivity contribution is 9.10. The number of halogens is 1. The molecule has 0 saturated carbocycles. The van der Waals surface area contributed by atoms with Gasteiger partial charge in [-0.1, -0.05) is 34.1 Å². The van der Waals surface area contributed by atoms with Gasteiger partial charge in [-0.05, 0) is 48.5 Å². The standard InChI is InChI=1S/C25H24BrN3O3/c1-31-20-5-4-6-21(17-20)32-16-15-29-23-8-3-2-7-22(23)28-24(29)13-14-27-25(30)18-9-11-19(26)12-10-18/h2-12,17H,13-16H2,1H3,(H,27,30). The average molecular weight is 494 g/mol. The van der Waals surface area contributed by atoms with Gasteiger partial charge in [0.2, 0.25) is 0 Å². The lowest BCUT2D eigenvalue weighted by molar-refractivity contribution is 0.0954. The summed E-state index contributed by atoms with van der Waals surface area (Å²) in [6.45, 7) is 1.63. The molecule has 0 radical (unpaired) electrons. The third kappa shape index (κ3) is 5.29. The van der Waals surface area contributed by atoms with Crippen molar-refractivity contribution in [2.45, 2.75) is 13.0 Å². The van der Waals surface area contributed by atoms with Crippen LogP contribution in [0.25, 0.3) is 11.0 Å². The maximum absolute atomic E-state index is 12.4. The third-order valence-corrected chi connectivity index (χ3v) is 5.63. The number of carbonyl (C=O) groups excluding carboxylic acids is 1. The molecule has 0 aliphatic carbocycles. The van der Waals surface area contributed by atoms with E-state index < -0.39 is 0 Å². The van der Waals surface area contributed by atoms with Gasteiger partial charge in [-0.2, -0.15) is 0 Å². The lowest BCUT2D eigenvalue weighted by atomic mass is 10.2. The van der Waals surface area contributed by atoms with Gasteiger partial charge in [0.25, 0.3) is 5.91 Å². The van der Waals surface area contributed by atoms with Crippen molar-refractivity contribution in [2.75, 3.05) is 20.3 Å².